The number of hydrogen-bond acceptors (Lipinski definition) is 5. The Hall–Kier alpha value is -1.62. The number of carbonyl (C=O) groups is 2. The lowest BCUT2D eigenvalue weighted by molar-refractivity contribution is -0.187. The van der Waals surface area contributed by atoms with Gasteiger partial charge in [0.1, 0.15) is 0 Å². The predicted molar refractivity (Wildman–Crippen MR) is 74.5 cm³/mol. The van der Waals surface area contributed by atoms with Crippen LogP contribution in [-0.4, -0.2) is 50.0 Å². The molecule has 0 radical (unpaired) electrons. The predicted octanol–water partition coefficient (Wildman–Crippen LogP) is 3.58. The molecule has 148 valence electrons. The molecule has 0 aromatic rings. The second kappa shape index (κ2) is 12.7. The average Bonchev–Trinajstić information content (AvgIpc) is 2.46. The molecule has 0 amide bonds. The second-order valence-corrected chi connectivity index (χ2v) is 4.09. The van der Waals surface area contributed by atoms with Crippen molar-refractivity contribution in [3.8, 4) is 0 Å². The van der Waals surface area contributed by atoms with Crippen molar-refractivity contribution < 1.29 is 50.1 Å². The standard InChI is InChI=1S/C8H13F3O3.C6H7F3O2/c1-3-13-7(14-4-2)5-6(12)8(9,10)11;1-2-11-4-3-5(10)6(7,8)9/h7H,3-5H2,1-2H3;3-4H,2H2,1H3. The Bertz CT molecular complexity index is 411. The van der Waals surface area contributed by atoms with Crippen molar-refractivity contribution in [2.45, 2.75) is 45.8 Å². The van der Waals surface area contributed by atoms with E-state index in [1.165, 1.54) is 0 Å². The van der Waals surface area contributed by atoms with Crippen LogP contribution >= 0.6 is 0 Å². The molecule has 0 N–H and O–H groups in total. The molecule has 0 atom stereocenters. The van der Waals surface area contributed by atoms with Crippen LogP contribution < -0.4 is 0 Å². The van der Waals surface area contributed by atoms with Crippen molar-refractivity contribution in [3.05, 3.63) is 12.3 Å². The third-order valence-electron chi connectivity index (χ3n) is 2.14. The van der Waals surface area contributed by atoms with Gasteiger partial charge in [-0.1, -0.05) is 0 Å². The molecule has 5 nitrogen and oxygen atoms in total. The van der Waals surface area contributed by atoms with Crippen LogP contribution in [0.15, 0.2) is 12.3 Å². The van der Waals surface area contributed by atoms with Crippen LogP contribution in [0.1, 0.15) is 27.2 Å². The van der Waals surface area contributed by atoms with Gasteiger partial charge in [0.25, 0.3) is 5.78 Å². The highest BCUT2D eigenvalue weighted by Crippen LogP contribution is 2.20. The largest absolute Gasteiger partial charge is 0.501 e. The van der Waals surface area contributed by atoms with E-state index in [-0.39, 0.29) is 19.8 Å². The third-order valence-corrected chi connectivity index (χ3v) is 2.14. The lowest BCUT2D eigenvalue weighted by Crippen LogP contribution is -2.30. The normalized spacial score (nSPS) is 12.1. The Labute approximate surface area is 140 Å². The highest BCUT2D eigenvalue weighted by molar-refractivity contribution is 5.94. The van der Waals surface area contributed by atoms with Gasteiger partial charge in [0, 0.05) is 19.3 Å². The van der Waals surface area contributed by atoms with E-state index in [9.17, 15) is 35.9 Å². The summed E-state index contributed by atoms with van der Waals surface area (Å²) < 4.78 is 83.8. The molecule has 0 heterocycles. The monoisotopic (exact) mass is 382 g/mol. The molecule has 0 fully saturated rings. The summed E-state index contributed by atoms with van der Waals surface area (Å²) in [4.78, 5) is 20.6. The Kier molecular flexibility index (Phi) is 13.0. The molecule has 0 saturated carbocycles. The lowest BCUT2D eigenvalue weighted by Gasteiger charge is -2.16. The number of rotatable bonds is 9. The number of Topliss-reactive ketones (excluding diaryl/α,β-unsaturated/α-hetero) is 1. The van der Waals surface area contributed by atoms with Gasteiger partial charge >= 0.3 is 12.4 Å². The van der Waals surface area contributed by atoms with Crippen LogP contribution in [0.2, 0.25) is 0 Å². The van der Waals surface area contributed by atoms with Crippen LogP contribution in [0.5, 0.6) is 0 Å². The quantitative estimate of drug-likeness (QED) is 0.264. The summed E-state index contributed by atoms with van der Waals surface area (Å²) in [6.45, 7) is 5.48. The molecule has 0 aliphatic heterocycles. The van der Waals surface area contributed by atoms with Gasteiger partial charge in [-0.3, -0.25) is 9.59 Å². The maximum absolute atomic E-state index is 11.8. The third kappa shape index (κ3) is 14.4. The van der Waals surface area contributed by atoms with Crippen molar-refractivity contribution in [1.82, 2.24) is 0 Å². The summed E-state index contributed by atoms with van der Waals surface area (Å²) in [5.41, 5.74) is 0. The van der Waals surface area contributed by atoms with E-state index in [0.29, 0.717) is 6.08 Å². The summed E-state index contributed by atoms with van der Waals surface area (Å²) in [6.07, 6.45) is -10.4. The molecule has 0 aromatic carbocycles. The van der Waals surface area contributed by atoms with Crippen molar-refractivity contribution >= 4 is 11.6 Å². The highest BCUT2D eigenvalue weighted by Gasteiger charge is 2.39. The maximum atomic E-state index is 11.8. The average molecular weight is 382 g/mol. The van der Waals surface area contributed by atoms with Gasteiger partial charge in [-0.15, -0.1) is 0 Å². The van der Waals surface area contributed by atoms with Gasteiger partial charge < -0.3 is 14.2 Å². The zero-order valence-corrected chi connectivity index (χ0v) is 13.9. The van der Waals surface area contributed by atoms with E-state index in [1.54, 1.807) is 20.8 Å². The number of carbonyl (C=O) groups excluding carboxylic acids is 2. The van der Waals surface area contributed by atoms with Crippen molar-refractivity contribution in [3.63, 3.8) is 0 Å². The molecule has 0 aliphatic rings. The molecule has 0 unspecified atom stereocenters. The van der Waals surface area contributed by atoms with Gasteiger partial charge in [-0.05, 0) is 20.8 Å². The van der Waals surface area contributed by atoms with E-state index >= 15 is 0 Å². The van der Waals surface area contributed by atoms with E-state index in [4.69, 9.17) is 9.47 Å². The zero-order valence-electron chi connectivity index (χ0n) is 13.9. The highest BCUT2D eigenvalue weighted by atomic mass is 19.4. The van der Waals surface area contributed by atoms with Crippen molar-refractivity contribution in [1.29, 1.82) is 0 Å². The number of hydrogen-bond donors (Lipinski definition) is 0. The molecule has 0 aromatic heterocycles. The summed E-state index contributed by atoms with van der Waals surface area (Å²) >= 11 is 0. The minimum atomic E-state index is -4.81. The number of allylic oxidation sites excluding steroid dienone is 1. The fourth-order valence-corrected chi connectivity index (χ4v) is 1.11. The van der Waals surface area contributed by atoms with Gasteiger partial charge in [0.05, 0.1) is 19.3 Å². The van der Waals surface area contributed by atoms with E-state index < -0.39 is 36.6 Å². The van der Waals surface area contributed by atoms with Gasteiger partial charge in [0.2, 0.25) is 5.78 Å². The SMILES string of the molecule is CCOC(CC(=O)C(F)(F)F)OCC.CCOC=CC(=O)C(F)(F)F. The number of ketones is 2. The van der Waals surface area contributed by atoms with E-state index in [2.05, 4.69) is 4.74 Å². The number of halogens is 6. The first kappa shape index (κ1) is 25.6. The van der Waals surface area contributed by atoms with E-state index in [1.807, 2.05) is 0 Å². The summed E-state index contributed by atoms with van der Waals surface area (Å²) in [5.74, 6) is -3.74. The smallest absolute Gasteiger partial charge is 0.454 e. The van der Waals surface area contributed by atoms with Crippen molar-refractivity contribution in [2.24, 2.45) is 0 Å². The Balaban J connectivity index is 0. The molecule has 0 aliphatic carbocycles. The van der Waals surface area contributed by atoms with Gasteiger partial charge in [-0.2, -0.15) is 26.3 Å². The summed E-state index contributed by atoms with van der Waals surface area (Å²) in [5, 5.41) is 0. The molecular weight excluding hydrogens is 362 g/mol. The first-order valence-electron chi connectivity index (χ1n) is 7.12. The zero-order chi connectivity index (χ0) is 20.1. The Morgan fingerprint density at radius 1 is 0.880 bits per heavy atom. The van der Waals surface area contributed by atoms with Crippen LogP contribution in [0.4, 0.5) is 26.3 Å². The topological polar surface area (TPSA) is 61.8 Å². The number of ether oxygens (including phenoxy) is 3. The Morgan fingerprint density at radius 2 is 1.36 bits per heavy atom. The van der Waals surface area contributed by atoms with Crippen LogP contribution in [0.25, 0.3) is 0 Å². The first-order valence-corrected chi connectivity index (χ1v) is 7.12. The first-order chi connectivity index (χ1) is 11.4. The lowest BCUT2D eigenvalue weighted by atomic mass is 10.2. The second-order valence-electron chi connectivity index (χ2n) is 4.09. The fourth-order valence-electron chi connectivity index (χ4n) is 1.11. The fraction of sp³-hybridized carbons (Fsp3) is 0.714. The van der Waals surface area contributed by atoms with Crippen LogP contribution in [0, 0.1) is 0 Å². The molecule has 25 heavy (non-hydrogen) atoms. The maximum Gasteiger partial charge on any atom is 0.454 e. The molecule has 0 bridgehead atoms. The summed E-state index contributed by atoms with van der Waals surface area (Å²) in [7, 11) is 0. The minimum absolute atomic E-state index is 0.204. The molecule has 0 saturated heterocycles. The van der Waals surface area contributed by atoms with Gasteiger partial charge in [-0.25, -0.2) is 0 Å². The minimum Gasteiger partial charge on any atom is -0.501 e. The van der Waals surface area contributed by atoms with Crippen LogP contribution in [0.3, 0.4) is 0 Å². The van der Waals surface area contributed by atoms with Crippen molar-refractivity contribution in [2.75, 3.05) is 19.8 Å². The van der Waals surface area contributed by atoms with Crippen LogP contribution in [-0.2, 0) is 23.8 Å². The number of alkyl halides is 6. The molecule has 0 rings (SSSR count). The van der Waals surface area contributed by atoms with E-state index in [0.717, 1.165) is 6.26 Å². The Morgan fingerprint density at radius 3 is 1.68 bits per heavy atom. The molecular formula is C14H20F6O5. The molecule has 11 heteroatoms. The summed E-state index contributed by atoms with van der Waals surface area (Å²) in [6, 6.07) is 0. The van der Waals surface area contributed by atoms with Gasteiger partial charge in [0.15, 0.2) is 6.29 Å². The molecule has 0 spiro atoms.